The summed E-state index contributed by atoms with van der Waals surface area (Å²) < 4.78 is 0. The molecule has 0 aliphatic carbocycles. The molecule has 0 amide bonds. The van der Waals surface area contributed by atoms with Gasteiger partial charge in [0.05, 0.1) is 10.6 Å². The lowest BCUT2D eigenvalue weighted by molar-refractivity contribution is -0.384. The SMILES string of the molecule is O=[N+]([O-])c1cccc(-c2ncnc3sc(-c4ccnc(Cl)c4)cc23)c1. The summed E-state index contributed by atoms with van der Waals surface area (Å²) >= 11 is 7.48. The van der Waals surface area contributed by atoms with Crippen molar-refractivity contribution >= 4 is 38.8 Å². The summed E-state index contributed by atoms with van der Waals surface area (Å²) in [6.07, 6.45) is 3.12. The Morgan fingerprint density at radius 1 is 1.04 bits per heavy atom. The van der Waals surface area contributed by atoms with Crippen LogP contribution in [0.5, 0.6) is 0 Å². The van der Waals surface area contributed by atoms with Crippen molar-refractivity contribution in [1.82, 2.24) is 15.0 Å². The van der Waals surface area contributed by atoms with E-state index in [0.29, 0.717) is 16.4 Å². The van der Waals surface area contributed by atoms with E-state index in [1.807, 2.05) is 12.1 Å². The Morgan fingerprint density at radius 2 is 1.92 bits per heavy atom. The number of benzene rings is 1. The molecule has 4 aromatic rings. The van der Waals surface area contributed by atoms with Gasteiger partial charge in [0.2, 0.25) is 0 Å². The molecule has 0 aliphatic heterocycles. The van der Waals surface area contributed by atoms with Crippen molar-refractivity contribution in [1.29, 1.82) is 0 Å². The Balaban J connectivity index is 1.89. The van der Waals surface area contributed by atoms with Crippen LogP contribution in [0.1, 0.15) is 0 Å². The number of aromatic nitrogens is 3. The molecule has 0 atom stereocenters. The molecule has 0 fully saturated rings. The van der Waals surface area contributed by atoms with Crippen molar-refractivity contribution < 1.29 is 4.92 Å². The van der Waals surface area contributed by atoms with Gasteiger partial charge in [-0.2, -0.15) is 0 Å². The van der Waals surface area contributed by atoms with Gasteiger partial charge in [0.1, 0.15) is 16.3 Å². The zero-order chi connectivity index (χ0) is 17.4. The molecule has 0 saturated carbocycles. The lowest BCUT2D eigenvalue weighted by Crippen LogP contribution is -1.90. The van der Waals surface area contributed by atoms with Gasteiger partial charge >= 0.3 is 0 Å². The Morgan fingerprint density at radius 3 is 2.72 bits per heavy atom. The monoisotopic (exact) mass is 368 g/mol. The molecule has 0 spiro atoms. The number of non-ortho nitro benzene ring substituents is 1. The van der Waals surface area contributed by atoms with Gasteiger partial charge in [-0.25, -0.2) is 15.0 Å². The lowest BCUT2D eigenvalue weighted by Gasteiger charge is -2.01. The predicted octanol–water partition coefficient (Wildman–Crippen LogP) is 4.98. The molecular weight excluding hydrogens is 360 g/mol. The number of nitro benzene ring substituents is 1. The molecule has 3 heterocycles. The molecule has 0 bridgehead atoms. The zero-order valence-electron chi connectivity index (χ0n) is 12.6. The number of halogens is 1. The minimum absolute atomic E-state index is 0.0284. The second-order valence-corrected chi connectivity index (χ2v) is 6.64. The van der Waals surface area contributed by atoms with E-state index in [4.69, 9.17) is 11.6 Å². The molecule has 3 aromatic heterocycles. The van der Waals surface area contributed by atoms with Crippen LogP contribution in [0.3, 0.4) is 0 Å². The molecule has 6 nitrogen and oxygen atoms in total. The van der Waals surface area contributed by atoms with Crippen molar-refractivity contribution in [2.45, 2.75) is 0 Å². The first kappa shape index (κ1) is 15.6. The number of pyridine rings is 1. The first-order valence-electron chi connectivity index (χ1n) is 7.23. The summed E-state index contributed by atoms with van der Waals surface area (Å²) in [5, 5.41) is 12.3. The van der Waals surface area contributed by atoms with E-state index < -0.39 is 4.92 Å². The number of nitrogens with zero attached hydrogens (tertiary/aromatic N) is 4. The van der Waals surface area contributed by atoms with Crippen LogP contribution in [0, 0.1) is 10.1 Å². The molecule has 0 aliphatic rings. The van der Waals surface area contributed by atoms with Crippen LogP contribution >= 0.6 is 22.9 Å². The molecule has 4 rings (SSSR count). The van der Waals surface area contributed by atoms with Crippen molar-refractivity contribution in [3.05, 3.63) is 70.3 Å². The van der Waals surface area contributed by atoms with E-state index in [-0.39, 0.29) is 5.69 Å². The van der Waals surface area contributed by atoms with Crippen molar-refractivity contribution in [2.75, 3.05) is 0 Å². The molecule has 8 heteroatoms. The third-order valence-corrected chi connectivity index (χ3v) is 4.97. The molecule has 25 heavy (non-hydrogen) atoms. The summed E-state index contributed by atoms with van der Waals surface area (Å²) in [6, 6.07) is 12.1. The fourth-order valence-corrected chi connectivity index (χ4v) is 3.72. The van der Waals surface area contributed by atoms with Crippen molar-refractivity contribution in [3.63, 3.8) is 0 Å². The highest BCUT2D eigenvalue weighted by Crippen LogP contribution is 2.37. The molecule has 1 aromatic carbocycles. The maximum absolute atomic E-state index is 11.0. The fraction of sp³-hybridized carbons (Fsp3) is 0. The average molecular weight is 369 g/mol. The highest BCUT2D eigenvalue weighted by Gasteiger charge is 2.14. The van der Waals surface area contributed by atoms with Crippen molar-refractivity contribution in [3.8, 4) is 21.7 Å². The molecule has 0 N–H and O–H groups in total. The van der Waals surface area contributed by atoms with Crippen molar-refractivity contribution in [2.24, 2.45) is 0 Å². The van der Waals surface area contributed by atoms with E-state index in [1.54, 1.807) is 24.4 Å². The molecule has 122 valence electrons. The minimum Gasteiger partial charge on any atom is -0.258 e. The van der Waals surface area contributed by atoms with Gasteiger partial charge in [-0.15, -0.1) is 11.3 Å². The van der Waals surface area contributed by atoms with Crippen LogP contribution in [-0.2, 0) is 0 Å². The Kier molecular flexibility index (Phi) is 3.87. The van der Waals surface area contributed by atoms with E-state index in [1.165, 1.54) is 29.8 Å². The number of hydrogen-bond donors (Lipinski definition) is 0. The summed E-state index contributed by atoms with van der Waals surface area (Å²) in [5.41, 5.74) is 2.31. The molecule has 0 radical (unpaired) electrons. The highest BCUT2D eigenvalue weighted by molar-refractivity contribution is 7.21. The summed E-state index contributed by atoms with van der Waals surface area (Å²) in [4.78, 5) is 25.0. The van der Waals surface area contributed by atoms with E-state index >= 15 is 0 Å². The number of thiophene rings is 1. The number of fused-ring (bicyclic) bond motifs is 1. The zero-order valence-corrected chi connectivity index (χ0v) is 14.2. The molecular formula is C17H9ClN4O2S. The summed E-state index contributed by atoms with van der Waals surface area (Å²) in [5.74, 6) is 0. The second-order valence-electron chi connectivity index (χ2n) is 5.23. The Hall–Kier alpha value is -2.90. The predicted molar refractivity (Wildman–Crippen MR) is 97.7 cm³/mol. The standard InChI is InChI=1S/C17H9ClN4O2S/c18-15-7-10(4-5-19-15)14-8-13-16(20-9-21-17(13)25-14)11-2-1-3-12(6-11)22(23)24/h1-9H. The first-order valence-corrected chi connectivity index (χ1v) is 8.42. The second kappa shape index (κ2) is 6.19. The van der Waals surface area contributed by atoms with E-state index in [9.17, 15) is 10.1 Å². The van der Waals surface area contributed by atoms with Gasteiger partial charge in [0.15, 0.2) is 0 Å². The first-order chi connectivity index (χ1) is 12.1. The Labute approximate surface area is 150 Å². The summed E-state index contributed by atoms with van der Waals surface area (Å²) in [6.45, 7) is 0. The molecule has 0 unspecified atom stereocenters. The third-order valence-electron chi connectivity index (χ3n) is 3.67. The Bertz CT molecular complexity index is 1110. The van der Waals surface area contributed by atoms with Gasteiger partial charge in [-0.1, -0.05) is 23.7 Å². The van der Waals surface area contributed by atoms with Crippen LogP contribution in [0.4, 0.5) is 5.69 Å². The molecule has 0 saturated heterocycles. The van der Waals surface area contributed by atoms with Gasteiger partial charge in [0, 0.05) is 34.2 Å². The van der Waals surface area contributed by atoms with E-state index in [2.05, 4.69) is 15.0 Å². The van der Waals surface area contributed by atoms with Crippen LogP contribution in [0.25, 0.3) is 31.9 Å². The number of hydrogen-bond acceptors (Lipinski definition) is 6. The number of rotatable bonds is 3. The van der Waals surface area contributed by atoms with Gasteiger partial charge in [-0.05, 0) is 23.8 Å². The maximum atomic E-state index is 11.0. The lowest BCUT2D eigenvalue weighted by atomic mass is 10.1. The quantitative estimate of drug-likeness (QED) is 0.289. The summed E-state index contributed by atoms with van der Waals surface area (Å²) in [7, 11) is 0. The third kappa shape index (κ3) is 2.95. The van der Waals surface area contributed by atoms with Crippen LogP contribution in [-0.4, -0.2) is 19.9 Å². The fourth-order valence-electron chi connectivity index (χ4n) is 2.55. The maximum Gasteiger partial charge on any atom is 0.270 e. The smallest absolute Gasteiger partial charge is 0.258 e. The number of nitro groups is 1. The topological polar surface area (TPSA) is 81.8 Å². The minimum atomic E-state index is -0.417. The largest absolute Gasteiger partial charge is 0.270 e. The van der Waals surface area contributed by atoms with E-state index in [0.717, 1.165) is 20.7 Å². The van der Waals surface area contributed by atoms with Gasteiger partial charge in [0.25, 0.3) is 5.69 Å². The van der Waals surface area contributed by atoms with Gasteiger partial charge < -0.3 is 0 Å². The van der Waals surface area contributed by atoms with Crippen LogP contribution in [0.15, 0.2) is 55.0 Å². The average Bonchev–Trinajstić information content (AvgIpc) is 3.06. The van der Waals surface area contributed by atoms with Crippen LogP contribution in [0.2, 0.25) is 5.15 Å². The normalized spacial score (nSPS) is 10.9. The van der Waals surface area contributed by atoms with Crippen LogP contribution < -0.4 is 0 Å². The van der Waals surface area contributed by atoms with Gasteiger partial charge in [-0.3, -0.25) is 10.1 Å². The highest BCUT2D eigenvalue weighted by atomic mass is 35.5.